The van der Waals surface area contributed by atoms with Gasteiger partial charge in [-0.3, -0.25) is 9.36 Å². The number of anilines is 3. The zero-order valence-electron chi connectivity index (χ0n) is 21.3. The van der Waals surface area contributed by atoms with Gasteiger partial charge in [-0.1, -0.05) is 0 Å². The molecule has 3 aromatic rings. The number of hydrogen-bond donors (Lipinski definition) is 2. The van der Waals surface area contributed by atoms with Gasteiger partial charge >= 0.3 is 6.18 Å². The van der Waals surface area contributed by atoms with Crippen LogP contribution in [0, 0.1) is 0 Å². The minimum Gasteiger partial charge on any atom is -0.393 e. The number of nitrogen functional groups attached to an aromatic ring is 1. The van der Waals surface area contributed by atoms with Crippen LogP contribution in [0.1, 0.15) is 13.3 Å². The minimum absolute atomic E-state index is 0.0112. The number of fused-ring (bicyclic) bond motifs is 1. The van der Waals surface area contributed by atoms with Crippen LogP contribution in [-0.2, 0) is 16.1 Å². The maximum atomic E-state index is 13.9. The molecule has 0 aliphatic carbocycles. The molecule has 5 rings (SSSR count). The number of ether oxygens (including phenoxy) is 1. The van der Waals surface area contributed by atoms with Crippen LogP contribution in [0.25, 0.3) is 22.6 Å². The van der Waals surface area contributed by atoms with E-state index in [1.165, 1.54) is 19.3 Å². The molecule has 16 heteroatoms. The Morgan fingerprint density at radius 1 is 1.05 bits per heavy atom. The van der Waals surface area contributed by atoms with Gasteiger partial charge in [0.2, 0.25) is 17.8 Å². The largest absolute Gasteiger partial charge is 0.406 e. The van der Waals surface area contributed by atoms with E-state index in [9.17, 15) is 23.1 Å². The fraction of sp³-hybridized carbons (Fsp3) is 0.565. The summed E-state index contributed by atoms with van der Waals surface area (Å²) in [5.74, 6) is 0.475. The van der Waals surface area contributed by atoms with Gasteiger partial charge in [0.1, 0.15) is 6.54 Å². The molecule has 13 nitrogen and oxygen atoms in total. The van der Waals surface area contributed by atoms with Gasteiger partial charge in [0.05, 0.1) is 31.3 Å². The van der Waals surface area contributed by atoms with E-state index in [1.54, 1.807) is 9.80 Å². The number of nitrogens with zero attached hydrogens (tertiary/aromatic N) is 9. The molecule has 39 heavy (non-hydrogen) atoms. The number of alkyl halides is 3. The molecule has 3 aromatic heterocycles. The van der Waals surface area contributed by atoms with Crippen molar-refractivity contribution < 1.29 is 27.8 Å². The fourth-order valence-corrected chi connectivity index (χ4v) is 4.66. The van der Waals surface area contributed by atoms with Crippen LogP contribution in [0.3, 0.4) is 0 Å². The van der Waals surface area contributed by atoms with Gasteiger partial charge in [0.15, 0.2) is 22.8 Å². The molecule has 0 aromatic carbocycles. The molecule has 1 amide bonds. The third-order valence-electron chi connectivity index (χ3n) is 6.52. The van der Waals surface area contributed by atoms with E-state index in [2.05, 4.69) is 24.9 Å². The third kappa shape index (κ3) is 5.95. The van der Waals surface area contributed by atoms with Crippen LogP contribution >= 0.6 is 0 Å². The number of rotatable bonds is 6. The first-order chi connectivity index (χ1) is 18.6. The lowest BCUT2D eigenvalue weighted by atomic mass is 10.2. The number of carbonyl (C=O) groups is 1. The van der Waals surface area contributed by atoms with E-state index in [0.717, 1.165) is 4.57 Å². The maximum Gasteiger partial charge on any atom is 0.406 e. The predicted octanol–water partition coefficient (Wildman–Crippen LogP) is 0.684. The lowest BCUT2D eigenvalue weighted by Gasteiger charge is -2.35. The molecule has 210 valence electrons. The number of hydrogen-bond acceptors (Lipinski definition) is 11. The Hall–Kier alpha value is -3.79. The Kier molecular flexibility index (Phi) is 7.40. The van der Waals surface area contributed by atoms with Crippen LogP contribution in [-0.4, -0.2) is 110 Å². The molecular formula is C23H29F3N10O3. The molecule has 2 fully saturated rings. The van der Waals surface area contributed by atoms with E-state index < -0.39 is 18.8 Å². The molecule has 0 spiro atoms. The second-order valence-electron chi connectivity index (χ2n) is 9.51. The van der Waals surface area contributed by atoms with Crippen molar-refractivity contribution in [1.29, 1.82) is 0 Å². The molecule has 1 unspecified atom stereocenters. The van der Waals surface area contributed by atoms with Gasteiger partial charge < -0.3 is 30.3 Å². The van der Waals surface area contributed by atoms with Crippen molar-refractivity contribution in [2.45, 2.75) is 32.2 Å². The Morgan fingerprint density at radius 3 is 2.33 bits per heavy atom. The van der Waals surface area contributed by atoms with Crippen molar-refractivity contribution in [2.24, 2.45) is 0 Å². The summed E-state index contributed by atoms with van der Waals surface area (Å²) in [6, 6.07) is 0. The predicted molar refractivity (Wildman–Crippen MR) is 135 cm³/mol. The number of morpholine rings is 1. The molecule has 0 bridgehead atoms. The maximum absolute atomic E-state index is 13.9. The SMILES string of the molecule is CC(O)CC(=O)N1CCN(c2nc3c(N4CCOCC4)nc(-c4cnc(N)nc4)nc3n2CC(F)(F)F)CC1. The highest BCUT2D eigenvalue weighted by molar-refractivity contribution is 5.88. The lowest BCUT2D eigenvalue weighted by Crippen LogP contribution is -2.50. The minimum atomic E-state index is -4.55. The molecule has 0 saturated carbocycles. The van der Waals surface area contributed by atoms with E-state index in [1.807, 2.05) is 4.90 Å². The summed E-state index contributed by atoms with van der Waals surface area (Å²) in [4.78, 5) is 39.4. The van der Waals surface area contributed by atoms with Gasteiger partial charge in [0, 0.05) is 51.7 Å². The summed E-state index contributed by atoms with van der Waals surface area (Å²) in [6.45, 7) is 3.17. The zero-order valence-corrected chi connectivity index (χ0v) is 21.3. The molecule has 2 saturated heterocycles. The van der Waals surface area contributed by atoms with Gasteiger partial charge in [0.25, 0.3) is 0 Å². The number of aliphatic hydroxyl groups excluding tert-OH is 1. The smallest absolute Gasteiger partial charge is 0.393 e. The summed E-state index contributed by atoms with van der Waals surface area (Å²) < 4.78 is 48.1. The molecular weight excluding hydrogens is 521 g/mol. The van der Waals surface area contributed by atoms with Crippen molar-refractivity contribution in [3.63, 3.8) is 0 Å². The second-order valence-corrected chi connectivity index (χ2v) is 9.51. The van der Waals surface area contributed by atoms with E-state index in [4.69, 9.17) is 10.5 Å². The average Bonchev–Trinajstić information content (AvgIpc) is 3.25. The summed E-state index contributed by atoms with van der Waals surface area (Å²) in [5, 5.41) is 9.54. The first-order valence-corrected chi connectivity index (χ1v) is 12.6. The van der Waals surface area contributed by atoms with Crippen molar-refractivity contribution in [1.82, 2.24) is 34.4 Å². The summed E-state index contributed by atoms with van der Waals surface area (Å²) >= 11 is 0. The number of carbonyl (C=O) groups excluding carboxylic acids is 1. The topological polar surface area (TPSA) is 152 Å². The van der Waals surface area contributed by atoms with E-state index in [0.29, 0.717) is 37.7 Å². The molecule has 5 heterocycles. The van der Waals surface area contributed by atoms with Crippen LogP contribution in [0.2, 0.25) is 0 Å². The fourth-order valence-electron chi connectivity index (χ4n) is 4.66. The summed E-state index contributed by atoms with van der Waals surface area (Å²) in [6.07, 6.45) is -2.50. The van der Waals surface area contributed by atoms with E-state index in [-0.39, 0.29) is 67.4 Å². The molecule has 0 radical (unpaired) electrons. The molecule has 3 N–H and O–H groups in total. The molecule has 2 aliphatic heterocycles. The first kappa shape index (κ1) is 26.8. The normalized spacial score (nSPS) is 17.6. The molecule has 2 aliphatic rings. The lowest BCUT2D eigenvalue weighted by molar-refractivity contribution is -0.139. The Labute approximate surface area is 221 Å². The number of aromatic nitrogens is 6. The number of piperazine rings is 1. The van der Waals surface area contributed by atoms with Gasteiger partial charge in [-0.05, 0) is 6.92 Å². The monoisotopic (exact) mass is 550 g/mol. The average molecular weight is 551 g/mol. The Balaban J connectivity index is 1.59. The number of amides is 1. The highest BCUT2D eigenvalue weighted by atomic mass is 19.4. The van der Waals surface area contributed by atoms with Crippen LogP contribution in [0.4, 0.5) is 30.9 Å². The quantitative estimate of drug-likeness (QED) is 0.446. The van der Waals surface area contributed by atoms with E-state index >= 15 is 0 Å². The highest BCUT2D eigenvalue weighted by Gasteiger charge is 2.35. The van der Waals surface area contributed by atoms with Gasteiger partial charge in [-0.15, -0.1) is 0 Å². The molecule has 1 atom stereocenters. The van der Waals surface area contributed by atoms with Crippen LogP contribution < -0.4 is 15.5 Å². The summed E-state index contributed by atoms with van der Waals surface area (Å²) in [7, 11) is 0. The first-order valence-electron chi connectivity index (χ1n) is 12.6. The summed E-state index contributed by atoms with van der Waals surface area (Å²) in [5.41, 5.74) is 6.27. The zero-order chi connectivity index (χ0) is 27.7. The van der Waals surface area contributed by atoms with Gasteiger partial charge in [-0.2, -0.15) is 13.2 Å². The highest BCUT2D eigenvalue weighted by Crippen LogP contribution is 2.33. The standard InChI is InChI=1S/C23H29F3N10O3/c1-14(37)10-16(38)33-2-4-35(5-3-33)22-30-17-19(34-6-8-39-9-7-34)31-18(15-11-28-21(27)29-12-15)32-20(17)36(22)13-23(24,25)26/h11-12,14,37H,2-10,13H2,1H3,(H2,27,28,29). The van der Waals surface area contributed by atoms with Crippen molar-refractivity contribution in [3.8, 4) is 11.4 Å². The number of halogens is 3. The van der Waals surface area contributed by atoms with Crippen LogP contribution in [0.5, 0.6) is 0 Å². The van der Waals surface area contributed by atoms with Crippen molar-refractivity contribution in [3.05, 3.63) is 12.4 Å². The van der Waals surface area contributed by atoms with Crippen LogP contribution in [0.15, 0.2) is 12.4 Å². The van der Waals surface area contributed by atoms with Crippen molar-refractivity contribution >= 4 is 34.8 Å². The number of imidazole rings is 1. The Morgan fingerprint density at radius 2 is 1.72 bits per heavy atom. The van der Waals surface area contributed by atoms with Gasteiger partial charge in [-0.25, -0.2) is 24.9 Å². The van der Waals surface area contributed by atoms with Crippen molar-refractivity contribution in [2.75, 3.05) is 68.0 Å². The Bertz CT molecular complexity index is 1320. The number of aliphatic hydroxyl groups is 1. The third-order valence-corrected chi connectivity index (χ3v) is 6.52. The second kappa shape index (κ2) is 10.8. The number of nitrogens with two attached hydrogens (primary N) is 1.